The van der Waals surface area contributed by atoms with E-state index in [1.807, 2.05) is 24.8 Å². The molecule has 1 amide bonds. The van der Waals surface area contributed by atoms with E-state index in [0.717, 1.165) is 5.56 Å². The number of non-ortho nitro benzene ring substituents is 1. The smallest absolute Gasteiger partial charge is 0.269 e. The Kier molecular flexibility index (Phi) is 7.48. The largest absolute Gasteiger partial charge is 0.383 e. The van der Waals surface area contributed by atoms with Crippen molar-refractivity contribution in [1.29, 1.82) is 0 Å². The van der Waals surface area contributed by atoms with Gasteiger partial charge in [-0.05, 0) is 19.0 Å². The minimum atomic E-state index is -0.418. The molecule has 0 aliphatic carbocycles. The highest BCUT2D eigenvalue weighted by molar-refractivity contribution is 5.78. The van der Waals surface area contributed by atoms with E-state index >= 15 is 0 Å². The van der Waals surface area contributed by atoms with Crippen molar-refractivity contribution < 1.29 is 14.5 Å². The van der Waals surface area contributed by atoms with Gasteiger partial charge in [0.2, 0.25) is 5.91 Å². The Morgan fingerprint density at radius 1 is 1.50 bits per heavy atom. The Morgan fingerprint density at radius 2 is 2.23 bits per heavy atom. The molecule has 0 aromatic heterocycles. The quantitative estimate of drug-likeness (QED) is 0.553. The summed E-state index contributed by atoms with van der Waals surface area (Å²) >= 11 is 0. The lowest BCUT2D eigenvalue weighted by atomic mass is 10.2. The molecule has 0 radical (unpaired) electrons. The van der Waals surface area contributed by atoms with Gasteiger partial charge in [-0.1, -0.05) is 19.1 Å². The second-order valence-electron chi connectivity index (χ2n) is 5.15. The van der Waals surface area contributed by atoms with Gasteiger partial charge in [-0.15, -0.1) is 0 Å². The minimum Gasteiger partial charge on any atom is -0.383 e. The molecular weight excluding hydrogens is 286 g/mol. The fourth-order valence-corrected chi connectivity index (χ4v) is 2.12. The molecule has 22 heavy (non-hydrogen) atoms. The van der Waals surface area contributed by atoms with Gasteiger partial charge in [0.1, 0.15) is 0 Å². The van der Waals surface area contributed by atoms with Crippen LogP contribution in [0.4, 0.5) is 5.69 Å². The summed E-state index contributed by atoms with van der Waals surface area (Å²) in [6, 6.07) is 6.42. The number of amides is 1. The maximum atomic E-state index is 11.9. The van der Waals surface area contributed by atoms with E-state index in [-0.39, 0.29) is 24.2 Å². The second kappa shape index (κ2) is 9.11. The van der Waals surface area contributed by atoms with Crippen LogP contribution in [-0.2, 0) is 16.1 Å². The first kappa shape index (κ1) is 18.1. The van der Waals surface area contributed by atoms with Crippen LogP contribution in [0.5, 0.6) is 0 Å². The molecule has 0 unspecified atom stereocenters. The van der Waals surface area contributed by atoms with Crippen LogP contribution in [0.3, 0.4) is 0 Å². The van der Waals surface area contributed by atoms with Crippen LogP contribution >= 0.6 is 0 Å². The third-order valence-corrected chi connectivity index (χ3v) is 3.17. The normalized spacial score (nSPS) is 12.2. The summed E-state index contributed by atoms with van der Waals surface area (Å²) in [5.74, 6) is -0.0863. The van der Waals surface area contributed by atoms with Crippen molar-refractivity contribution in [3.05, 3.63) is 39.9 Å². The molecule has 122 valence electrons. The predicted octanol–water partition coefficient (Wildman–Crippen LogP) is 1.57. The number of methoxy groups -OCH3 is 1. The van der Waals surface area contributed by atoms with Crippen LogP contribution in [0, 0.1) is 10.1 Å². The average Bonchev–Trinajstić information content (AvgIpc) is 2.46. The number of hydrogen-bond donors (Lipinski definition) is 1. The molecule has 7 heteroatoms. The number of nitrogens with one attached hydrogen (secondary N) is 1. The zero-order valence-electron chi connectivity index (χ0n) is 13.2. The second-order valence-corrected chi connectivity index (χ2v) is 5.15. The van der Waals surface area contributed by atoms with Crippen molar-refractivity contribution in [1.82, 2.24) is 10.2 Å². The van der Waals surface area contributed by atoms with E-state index in [9.17, 15) is 14.9 Å². The highest BCUT2D eigenvalue weighted by Crippen LogP contribution is 2.14. The number of nitro groups is 1. The predicted molar refractivity (Wildman–Crippen MR) is 83.5 cm³/mol. The maximum Gasteiger partial charge on any atom is 0.269 e. The van der Waals surface area contributed by atoms with E-state index in [0.29, 0.717) is 19.7 Å². The number of carbonyl (C=O) groups is 1. The topological polar surface area (TPSA) is 84.7 Å². The van der Waals surface area contributed by atoms with Gasteiger partial charge in [0.25, 0.3) is 5.69 Å². The molecule has 1 N–H and O–H groups in total. The standard InChI is InChI=1S/C15H23N3O4/c1-4-17(10-15(19)16-12(2)11-22-3)9-13-6-5-7-14(8-13)18(20)21/h5-8,12H,4,9-11H2,1-3H3,(H,16,19)/t12-/m1/s1. The third-order valence-electron chi connectivity index (χ3n) is 3.17. The highest BCUT2D eigenvalue weighted by Gasteiger charge is 2.13. The van der Waals surface area contributed by atoms with Gasteiger partial charge in [-0.25, -0.2) is 0 Å². The number of benzene rings is 1. The first-order valence-electron chi connectivity index (χ1n) is 7.20. The van der Waals surface area contributed by atoms with E-state index in [1.54, 1.807) is 13.2 Å². The summed E-state index contributed by atoms with van der Waals surface area (Å²) < 4.78 is 4.97. The van der Waals surface area contributed by atoms with Crippen molar-refractivity contribution >= 4 is 11.6 Å². The number of hydrogen-bond acceptors (Lipinski definition) is 5. The van der Waals surface area contributed by atoms with Crippen LogP contribution in [0.2, 0.25) is 0 Å². The molecule has 0 aliphatic rings. The fourth-order valence-electron chi connectivity index (χ4n) is 2.12. The summed E-state index contributed by atoms with van der Waals surface area (Å²) in [5, 5.41) is 13.6. The summed E-state index contributed by atoms with van der Waals surface area (Å²) in [7, 11) is 1.59. The van der Waals surface area contributed by atoms with Gasteiger partial charge >= 0.3 is 0 Å². The zero-order valence-corrected chi connectivity index (χ0v) is 13.2. The maximum absolute atomic E-state index is 11.9. The molecule has 0 saturated carbocycles. The van der Waals surface area contributed by atoms with Gasteiger partial charge < -0.3 is 10.1 Å². The van der Waals surface area contributed by atoms with Gasteiger partial charge in [0.15, 0.2) is 0 Å². The van der Waals surface area contributed by atoms with Crippen LogP contribution in [0.25, 0.3) is 0 Å². The molecule has 1 atom stereocenters. The molecule has 1 aromatic carbocycles. The highest BCUT2D eigenvalue weighted by atomic mass is 16.6. The monoisotopic (exact) mass is 309 g/mol. The van der Waals surface area contributed by atoms with Gasteiger partial charge in [-0.3, -0.25) is 19.8 Å². The number of likely N-dealkylation sites (N-methyl/N-ethyl adjacent to an activating group) is 1. The van der Waals surface area contributed by atoms with Crippen molar-refractivity contribution in [2.24, 2.45) is 0 Å². The first-order chi connectivity index (χ1) is 10.5. The van der Waals surface area contributed by atoms with Gasteiger partial charge in [0.05, 0.1) is 18.1 Å². The van der Waals surface area contributed by atoms with Gasteiger partial charge in [0, 0.05) is 31.8 Å². The zero-order chi connectivity index (χ0) is 16.5. The van der Waals surface area contributed by atoms with Crippen LogP contribution in [0.15, 0.2) is 24.3 Å². The van der Waals surface area contributed by atoms with Gasteiger partial charge in [-0.2, -0.15) is 0 Å². The summed E-state index contributed by atoms with van der Waals surface area (Å²) in [5.41, 5.74) is 0.875. The Hall–Kier alpha value is -1.99. The molecule has 0 spiro atoms. The van der Waals surface area contributed by atoms with Crippen LogP contribution in [0.1, 0.15) is 19.4 Å². The van der Waals surface area contributed by atoms with Crippen LogP contribution < -0.4 is 5.32 Å². The molecule has 0 fully saturated rings. The third kappa shape index (κ3) is 6.19. The Morgan fingerprint density at radius 3 is 2.82 bits per heavy atom. The number of nitrogens with zero attached hydrogens (tertiary/aromatic N) is 2. The Bertz CT molecular complexity index is 507. The van der Waals surface area contributed by atoms with Crippen molar-refractivity contribution in [2.75, 3.05) is 26.8 Å². The SMILES string of the molecule is CCN(CC(=O)N[C@H](C)COC)Cc1cccc([N+](=O)[O-])c1. The molecule has 7 nitrogen and oxygen atoms in total. The van der Waals surface area contributed by atoms with E-state index < -0.39 is 4.92 Å². The minimum absolute atomic E-state index is 0.0472. The Labute approximate surface area is 130 Å². The lowest BCUT2D eigenvalue weighted by Crippen LogP contribution is -2.42. The summed E-state index contributed by atoms with van der Waals surface area (Å²) in [6.07, 6.45) is 0. The summed E-state index contributed by atoms with van der Waals surface area (Å²) in [6.45, 7) is 5.69. The molecule has 0 aliphatic heterocycles. The van der Waals surface area contributed by atoms with Crippen molar-refractivity contribution in [2.45, 2.75) is 26.4 Å². The number of rotatable bonds is 9. The molecule has 1 aromatic rings. The number of ether oxygens (including phenoxy) is 1. The van der Waals surface area contributed by atoms with E-state index in [4.69, 9.17) is 4.74 Å². The molecule has 0 bridgehead atoms. The first-order valence-corrected chi connectivity index (χ1v) is 7.20. The lowest BCUT2D eigenvalue weighted by Gasteiger charge is -2.21. The number of carbonyl (C=O) groups excluding carboxylic acids is 1. The summed E-state index contributed by atoms with van der Waals surface area (Å²) in [4.78, 5) is 24.2. The fraction of sp³-hybridized carbons (Fsp3) is 0.533. The molecule has 0 saturated heterocycles. The van der Waals surface area contributed by atoms with Crippen molar-refractivity contribution in [3.8, 4) is 0 Å². The number of nitro benzene ring substituents is 1. The van der Waals surface area contributed by atoms with Crippen molar-refractivity contribution in [3.63, 3.8) is 0 Å². The van der Waals surface area contributed by atoms with Crippen LogP contribution in [-0.4, -0.2) is 48.6 Å². The lowest BCUT2D eigenvalue weighted by molar-refractivity contribution is -0.384. The average molecular weight is 309 g/mol. The molecule has 0 heterocycles. The van der Waals surface area contributed by atoms with E-state index in [2.05, 4.69) is 5.32 Å². The Balaban J connectivity index is 2.59. The molecular formula is C15H23N3O4. The van der Waals surface area contributed by atoms with E-state index in [1.165, 1.54) is 12.1 Å². The molecule has 1 rings (SSSR count).